The summed E-state index contributed by atoms with van der Waals surface area (Å²) in [7, 11) is -6.05. The second-order valence-corrected chi connectivity index (χ2v) is 11.6. The molecule has 25 heavy (non-hydrogen) atoms. The fourth-order valence-electron chi connectivity index (χ4n) is 3.04. The Morgan fingerprint density at radius 2 is 0.800 bits per heavy atom. The Hall–Kier alpha value is 0.194. The van der Waals surface area contributed by atoms with Crippen molar-refractivity contribution in [1.82, 2.24) is 0 Å². The van der Waals surface area contributed by atoms with E-state index in [1.807, 2.05) is 41.5 Å². The minimum Gasteiger partial charge on any atom is -0.374 e. The Bertz CT molecular complexity index is 259. The Kier molecular flexibility index (Phi) is 14.4. The molecule has 0 spiro atoms. The fourth-order valence-corrected chi connectivity index (χ4v) is 11.5. The highest BCUT2D eigenvalue weighted by molar-refractivity contribution is 6.82. The predicted octanol–water partition coefficient (Wildman–Crippen LogP) is 4.18. The molecular weight excluding hydrogens is 356 g/mol. The van der Waals surface area contributed by atoms with Gasteiger partial charge in [-0.3, -0.25) is 0 Å². The van der Waals surface area contributed by atoms with E-state index in [2.05, 4.69) is 6.92 Å². The normalized spacial score (nSPS) is 13.0. The third kappa shape index (κ3) is 7.38. The van der Waals surface area contributed by atoms with Crippen molar-refractivity contribution in [3.63, 3.8) is 0 Å². The van der Waals surface area contributed by atoms with Crippen LogP contribution >= 0.6 is 0 Å². The number of hydrogen-bond acceptors (Lipinski definition) is 6. The third-order valence-electron chi connectivity index (χ3n) is 3.77. The minimum atomic E-state index is -3.02. The predicted molar refractivity (Wildman–Crippen MR) is 105 cm³/mol. The van der Waals surface area contributed by atoms with Gasteiger partial charge >= 0.3 is 17.6 Å². The van der Waals surface area contributed by atoms with E-state index in [1.165, 1.54) is 0 Å². The van der Waals surface area contributed by atoms with Crippen molar-refractivity contribution >= 4 is 17.6 Å². The largest absolute Gasteiger partial charge is 0.508 e. The van der Waals surface area contributed by atoms with E-state index in [4.69, 9.17) is 26.6 Å². The van der Waals surface area contributed by atoms with Crippen LogP contribution < -0.4 is 0 Å². The maximum absolute atomic E-state index is 6.20. The lowest BCUT2D eigenvalue weighted by atomic mass is 10.3. The molecule has 0 radical (unpaired) electrons. The number of hydrogen-bond donors (Lipinski definition) is 0. The van der Waals surface area contributed by atoms with Crippen molar-refractivity contribution in [2.45, 2.75) is 72.9 Å². The smallest absolute Gasteiger partial charge is 0.374 e. The number of unbranched alkanes of at least 4 members (excludes halogenated alkanes) is 1. The topological polar surface area (TPSA) is 55.4 Å². The van der Waals surface area contributed by atoms with Crippen LogP contribution in [0.5, 0.6) is 0 Å². The fraction of sp³-hybridized carbons (Fsp3) is 1.00. The van der Waals surface area contributed by atoms with Gasteiger partial charge < -0.3 is 26.6 Å². The van der Waals surface area contributed by atoms with Gasteiger partial charge in [-0.25, -0.2) is 0 Å². The van der Waals surface area contributed by atoms with E-state index in [-0.39, 0.29) is 5.16 Å². The lowest BCUT2D eigenvalue weighted by Gasteiger charge is -2.42. The summed E-state index contributed by atoms with van der Waals surface area (Å²) < 4.78 is 37.2. The average Bonchev–Trinajstić information content (AvgIpc) is 2.56. The van der Waals surface area contributed by atoms with Gasteiger partial charge in [-0.05, 0) is 48.0 Å². The van der Waals surface area contributed by atoms with Crippen molar-refractivity contribution < 1.29 is 26.6 Å². The molecule has 0 N–H and O–H groups in total. The van der Waals surface area contributed by atoms with Crippen LogP contribution in [0.25, 0.3) is 0 Å². The van der Waals surface area contributed by atoms with Gasteiger partial charge in [0.1, 0.15) is 0 Å². The Morgan fingerprint density at radius 3 is 1.00 bits per heavy atom. The molecule has 0 unspecified atom stereocenters. The summed E-state index contributed by atoms with van der Waals surface area (Å²) in [5.74, 6) is 0. The molecular formula is C17H40O6Si2. The van der Waals surface area contributed by atoms with E-state index in [1.54, 1.807) is 0 Å². The molecule has 152 valence electrons. The SMILES string of the molecule is CCCCC([Si](OCC)(OCC)OCC)[Si](OCC)(OCC)OCC. The van der Waals surface area contributed by atoms with Gasteiger partial charge in [0.15, 0.2) is 0 Å². The molecule has 0 aliphatic carbocycles. The molecule has 0 aromatic carbocycles. The van der Waals surface area contributed by atoms with Crippen LogP contribution in [0.4, 0.5) is 0 Å². The third-order valence-corrected chi connectivity index (χ3v) is 12.3. The lowest BCUT2D eigenvalue weighted by Crippen LogP contribution is -2.64. The van der Waals surface area contributed by atoms with E-state index >= 15 is 0 Å². The highest BCUT2D eigenvalue weighted by Crippen LogP contribution is 2.40. The van der Waals surface area contributed by atoms with Crippen molar-refractivity contribution in [3.8, 4) is 0 Å². The molecule has 0 heterocycles. The number of rotatable bonds is 17. The Morgan fingerprint density at radius 1 is 0.520 bits per heavy atom. The van der Waals surface area contributed by atoms with E-state index in [9.17, 15) is 0 Å². The molecule has 0 amide bonds. The molecule has 0 aromatic heterocycles. The Labute approximate surface area is 157 Å². The zero-order chi connectivity index (χ0) is 19.2. The van der Waals surface area contributed by atoms with Gasteiger partial charge in [-0.15, -0.1) is 0 Å². The molecule has 0 aromatic rings. The first-order valence-corrected chi connectivity index (χ1v) is 13.5. The maximum atomic E-state index is 6.20. The average molecular weight is 397 g/mol. The minimum absolute atomic E-state index is 0.111. The molecule has 0 bridgehead atoms. The zero-order valence-corrected chi connectivity index (χ0v) is 19.4. The summed E-state index contributed by atoms with van der Waals surface area (Å²) in [6.45, 7) is 17.2. The highest BCUT2D eigenvalue weighted by Gasteiger charge is 2.65. The monoisotopic (exact) mass is 396 g/mol. The molecule has 0 aliphatic heterocycles. The first-order valence-electron chi connectivity index (χ1n) is 9.89. The van der Waals surface area contributed by atoms with Crippen LogP contribution in [0.15, 0.2) is 0 Å². The molecule has 0 aliphatic rings. The summed E-state index contributed by atoms with van der Waals surface area (Å²) >= 11 is 0. The molecule has 6 nitrogen and oxygen atoms in total. The quantitative estimate of drug-likeness (QED) is 0.344. The summed E-state index contributed by atoms with van der Waals surface area (Å²) in [5.41, 5.74) is 0. The highest BCUT2D eigenvalue weighted by atomic mass is 28.5. The summed E-state index contributed by atoms with van der Waals surface area (Å²) in [6.07, 6.45) is 2.95. The van der Waals surface area contributed by atoms with Crippen molar-refractivity contribution in [1.29, 1.82) is 0 Å². The second-order valence-electron chi connectivity index (χ2n) is 5.50. The van der Waals surface area contributed by atoms with Crippen molar-refractivity contribution in [2.24, 2.45) is 0 Å². The molecule has 0 fully saturated rings. The molecule has 0 rings (SSSR count). The van der Waals surface area contributed by atoms with Crippen LogP contribution in [0.3, 0.4) is 0 Å². The molecule has 0 atom stereocenters. The molecule has 0 saturated heterocycles. The van der Waals surface area contributed by atoms with E-state index in [0.717, 1.165) is 19.3 Å². The summed E-state index contributed by atoms with van der Waals surface area (Å²) in [5, 5.41) is -0.111. The van der Waals surface area contributed by atoms with E-state index in [0.29, 0.717) is 39.6 Å². The molecule has 0 saturated carbocycles. The van der Waals surface area contributed by atoms with Crippen LogP contribution in [0.2, 0.25) is 5.16 Å². The lowest BCUT2D eigenvalue weighted by molar-refractivity contribution is 0.0311. The van der Waals surface area contributed by atoms with Gasteiger partial charge in [0, 0.05) is 39.6 Å². The summed E-state index contributed by atoms with van der Waals surface area (Å²) in [4.78, 5) is 0. The molecule has 8 heteroatoms. The van der Waals surface area contributed by atoms with Gasteiger partial charge in [0.25, 0.3) is 0 Å². The Balaban J connectivity index is 6.10. The van der Waals surface area contributed by atoms with Crippen LogP contribution in [0.1, 0.15) is 67.7 Å². The van der Waals surface area contributed by atoms with Gasteiger partial charge in [-0.2, -0.15) is 0 Å². The maximum Gasteiger partial charge on any atom is 0.508 e. The van der Waals surface area contributed by atoms with Gasteiger partial charge in [0.2, 0.25) is 0 Å². The van der Waals surface area contributed by atoms with Crippen LogP contribution in [-0.2, 0) is 26.6 Å². The first kappa shape index (κ1) is 25.2. The van der Waals surface area contributed by atoms with Gasteiger partial charge in [-0.1, -0.05) is 19.8 Å². The van der Waals surface area contributed by atoms with Crippen molar-refractivity contribution in [2.75, 3.05) is 39.6 Å². The van der Waals surface area contributed by atoms with Crippen LogP contribution in [-0.4, -0.2) is 57.3 Å². The second kappa shape index (κ2) is 14.3. The zero-order valence-electron chi connectivity index (χ0n) is 17.4. The first-order chi connectivity index (χ1) is 12.1. The van der Waals surface area contributed by atoms with E-state index < -0.39 is 17.6 Å². The standard InChI is InChI=1S/C17H40O6Si2/c1-8-15-16-17(24(18-9-2,19-10-3)20-11-4)25(21-12-5,22-13-6)23-14-7/h17H,8-16H2,1-7H3. The summed E-state index contributed by atoms with van der Waals surface area (Å²) in [6, 6.07) is 0. The van der Waals surface area contributed by atoms with Crippen molar-refractivity contribution in [3.05, 3.63) is 0 Å². The van der Waals surface area contributed by atoms with Gasteiger partial charge in [0.05, 0.1) is 5.16 Å². The van der Waals surface area contributed by atoms with Crippen LogP contribution in [0, 0.1) is 0 Å².